The maximum absolute atomic E-state index is 11.2. The lowest BCUT2D eigenvalue weighted by Gasteiger charge is -2.29. The zero-order valence-electron chi connectivity index (χ0n) is 8.07. The number of nitrogens with zero attached hydrogens (tertiary/aromatic N) is 1. The van der Waals surface area contributed by atoms with Crippen molar-refractivity contribution in [2.24, 2.45) is 5.92 Å². The van der Waals surface area contributed by atoms with Crippen LogP contribution in [-0.4, -0.2) is 32.1 Å². The molecular formula is C9H17NO2S. The highest BCUT2D eigenvalue weighted by atomic mass is 32.2. The van der Waals surface area contributed by atoms with Gasteiger partial charge in [0.25, 0.3) is 0 Å². The standard InChI is InChI=1S/C9H17NO2S/c1-3-4-9-5-7-10(8-6-9)13(2,11)12/h3,9H,1,4-8H2,2H3. The molecule has 4 heteroatoms. The van der Waals surface area contributed by atoms with Crippen LogP contribution in [0.3, 0.4) is 0 Å². The third-order valence-electron chi connectivity index (χ3n) is 2.54. The monoisotopic (exact) mass is 203 g/mol. The van der Waals surface area contributed by atoms with Gasteiger partial charge in [-0.2, -0.15) is 0 Å². The van der Waals surface area contributed by atoms with E-state index in [0.717, 1.165) is 19.3 Å². The fraction of sp³-hybridized carbons (Fsp3) is 0.778. The molecule has 0 atom stereocenters. The van der Waals surface area contributed by atoms with Crippen molar-refractivity contribution in [1.82, 2.24) is 4.31 Å². The summed E-state index contributed by atoms with van der Waals surface area (Å²) in [6.07, 6.45) is 6.15. The van der Waals surface area contributed by atoms with Crippen LogP contribution < -0.4 is 0 Å². The van der Waals surface area contributed by atoms with Crippen LogP contribution in [-0.2, 0) is 10.0 Å². The normalized spacial score (nSPS) is 21.6. The van der Waals surface area contributed by atoms with Gasteiger partial charge in [0.15, 0.2) is 0 Å². The van der Waals surface area contributed by atoms with Gasteiger partial charge >= 0.3 is 0 Å². The highest BCUT2D eigenvalue weighted by molar-refractivity contribution is 7.88. The fourth-order valence-electron chi connectivity index (χ4n) is 1.71. The van der Waals surface area contributed by atoms with E-state index in [4.69, 9.17) is 0 Å². The maximum Gasteiger partial charge on any atom is 0.211 e. The van der Waals surface area contributed by atoms with E-state index in [0.29, 0.717) is 19.0 Å². The van der Waals surface area contributed by atoms with E-state index in [1.54, 1.807) is 4.31 Å². The summed E-state index contributed by atoms with van der Waals surface area (Å²) in [7, 11) is -2.96. The van der Waals surface area contributed by atoms with E-state index in [1.807, 2.05) is 6.08 Å². The molecule has 0 aromatic carbocycles. The van der Waals surface area contributed by atoms with Crippen molar-refractivity contribution in [3.63, 3.8) is 0 Å². The molecule has 0 spiro atoms. The Hall–Kier alpha value is -0.350. The Morgan fingerprint density at radius 1 is 1.46 bits per heavy atom. The van der Waals surface area contributed by atoms with Gasteiger partial charge in [-0.25, -0.2) is 12.7 Å². The Morgan fingerprint density at radius 2 is 2.00 bits per heavy atom. The summed E-state index contributed by atoms with van der Waals surface area (Å²) < 4.78 is 23.9. The molecule has 76 valence electrons. The van der Waals surface area contributed by atoms with Gasteiger partial charge < -0.3 is 0 Å². The average molecular weight is 203 g/mol. The molecule has 3 nitrogen and oxygen atoms in total. The van der Waals surface area contributed by atoms with Gasteiger partial charge in [-0.15, -0.1) is 6.58 Å². The lowest BCUT2D eigenvalue weighted by molar-refractivity contribution is 0.277. The van der Waals surface area contributed by atoms with Crippen molar-refractivity contribution >= 4 is 10.0 Å². The smallest absolute Gasteiger partial charge is 0.211 e. The average Bonchev–Trinajstić information content (AvgIpc) is 2.04. The number of hydrogen-bond acceptors (Lipinski definition) is 2. The van der Waals surface area contributed by atoms with Gasteiger partial charge in [-0.05, 0) is 25.2 Å². The van der Waals surface area contributed by atoms with Crippen LogP contribution in [0.2, 0.25) is 0 Å². The minimum Gasteiger partial charge on any atom is -0.213 e. The molecular weight excluding hydrogens is 186 g/mol. The van der Waals surface area contributed by atoms with Gasteiger partial charge in [0.05, 0.1) is 6.26 Å². The van der Waals surface area contributed by atoms with E-state index in [1.165, 1.54) is 6.26 Å². The minimum absolute atomic E-state index is 0.635. The van der Waals surface area contributed by atoms with E-state index in [9.17, 15) is 8.42 Å². The van der Waals surface area contributed by atoms with E-state index < -0.39 is 10.0 Å². The van der Waals surface area contributed by atoms with Gasteiger partial charge in [-0.3, -0.25) is 0 Å². The highest BCUT2D eigenvalue weighted by Gasteiger charge is 2.23. The topological polar surface area (TPSA) is 37.4 Å². The molecule has 0 bridgehead atoms. The first-order valence-corrected chi connectivity index (χ1v) is 6.45. The Labute approximate surface area is 80.5 Å². The van der Waals surface area contributed by atoms with Crippen LogP contribution in [0.25, 0.3) is 0 Å². The molecule has 0 saturated carbocycles. The van der Waals surface area contributed by atoms with Crippen LogP contribution in [0.5, 0.6) is 0 Å². The van der Waals surface area contributed by atoms with Gasteiger partial charge in [0, 0.05) is 13.1 Å². The molecule has 1 saturated heterocycles. The Bertz CT molecular complexity index is 263. The zero-order valence-corrected chi connectivity index (χ0v) is 8.89. The highest BCUT2D eigenvalue weighted by Crippen LogP contribution is 2.21. The molecule has 0 unspecified atom stereocenters. The summed E-state index contributed by atoms with van der Waals surface area (Å²) in [5.41, 5.74) is 0. The molecule has 0 N–H and O–H groups in total. The number of allylic oxidation sites excluding steroid dienone is 1. The van der Waals surface area contributed by atoms with E-state index in [-0.39, 0.29) is 0 Å². The summed E-state index contributed by atoms with van der Waals surface area (Å²) in [4.78, 5) is 0. The van der Waals surface area contributed by atoms with Gasteiger partial charge in [-0.1, -0.05) is 6.08 Å². The zero-order chi connectivity index (χ0) is 9.90. The number of piperidine rings is 1. The fourth-order valence-corrected chi connectivity index (χ4v) is 2.59. The van der Waals surface area contributed by atoms with Crippen LogP contribution in [0.15, 0.2) is 12.7 Å². The second-order valence-electron chi connectivity index (χ2n) is 3.63. The van der Waals surface area contributed by atoms with Crippen molar-refractivity contribution in [1.29, 1.82) is 0 Å². The van der Waals surface area contributed by atoms with Crippen molar-refractivity contribution < 1.29 is 8.42 Å². The van der Waals surface area contributed by atoms with Crippen LogP contribution in [0.4, 0.5) is 0 Å². The molecule has 1 aliphatic heterocycles. The third kappa shape index (κ3) is 3.12. The van der Waals surface area contributed by atoms with E-state index in [2.05, 4.69) is 6.58 Å². The molecule has 0 aromatic rings. The van der Waals surface area contributed by atoms with Gasteiger partial charge in [0.1, 0.15) is 0 Å². The summed E-state index contributed by atoms with van der Waals surface area (Å²) in [6, 6.07) is 0. The summed E-state index contributed by atoms with van der Waals surface area (Å²) in [6.45, 7) is 5.05. The largest absolute Gasteiger partial charge is 0.213 e. The van der Waals surface area contributed by atoms with E-state index >= 15 is 0 Å². The third-order valence-corrected chi connectivity index (χ3v) is 3.85. The molecule has 0 aromatic heterocycles. The molecule has 0 aliphatic carbocycles. The first kappa shape index (κ1) is 10.7. The van der Waals surface area contributed by atoms with Crippen molar-refractivity contribution in [2.45, 2.75) is 19.3 Å². The molecule has 0 radical (unpaired) electrons. The first-order valence-electron chi connectivity index (χ1n) is 4.60. The lowest BCUT2D eigenvalue weighted by atomic mass is 9.95. The number of sulfonamides is 1. The first-order chi connectivity index (χ1) is 6.04. The quantitative estimate of drug-likeness (QED) is 0.647. The predicted octanol–water partition coefficient (Wildman–Crippen LogP) is 1.23. The summed E-state index contributed by atoms with van der Waals surface area (Å²) >= 11 is 0. The SMILES string of the molecule is C=CCC1CCN(S(C)(=O)=O)CC1. The van der Waals surface area contributed by atoms with Crippen LogP contribution in [0.1, 0.15) is 19.3 Å². The Kier molecular flexibility index (Phi) is 3.50. The Morgan fingerprint density at radius 3 is 2.38 bits per heavy atom. The Balaban J connectivity index is 2.43. The molecule has 13 heavy (non-hydrogen) atoms. The van der Waals surface area contributed by atoms with Crippen molar-refractivity contribution in [3.05, 3.63) is 12.7 Å². The predicted molar refractivity (Wildman–Crippen MR) is 54.0 cm³/mol. The van der Waals surface area contributed by atoms with Crippen LogP contribution >= 0.6 is 0 Å². The minimum atomic E-state index is -2.96. The lowest BCUT2D eigenvalue weighted by Crippen LogP contribution is -2.37. The van der Waals surface area contributed by atoms with Crippen molar-refractivity contribution in [3.8, 4) is 0 Å². The molecule has 0 amide bonds. The molecule has 1 heterocycles. The molecule has 1 aliphatic rings. The maximum atomic E-state index is 11.2. The number of hydrogen-bond donors (Lipinski definition) is 0. The second-order valence-corrected chi connectivity index (χ2v) is 5.61. The molecule has 1 fully saturated rings. The molecule has 1 rings (SSSR count). The van der Waals surface area contributed by atoms with Crippen LogP contribution in [0, 0.1) is 5.92 Å². The van der Waals surface area contributed by atoms with Crippen molar-refractivity contribution in [2.75, 3.05) is 19.3 Å². The second kappa shape index (κ2) is 4.24. The van der Waals surface area contributed by atoms with Gasteiger partial charge in [0.2, 0.25) is 10.0 Å². The summed E-state index contributed by atoms with van der Waals surface area (Å²) in [5, 5.41) is 0. The number of rotatable bonds is 3. The summed E-state index contributed by atoms with van der Waals surface area (Å²) in [5.74, 6) is 0.635.